The van der Waals surface area contributed by atoms with Crippen molar-refractivity contribution in [2.75, 3.05) is 4.66 Å². The molecule has 2 aromatic rings. The molecule has 156 valence electrons. The van der Waals surface area contributed by atoms with Crippen LogP contribution in [0.1, 0.15) is 27.8 Å². The van der Waals surface area contributed by atoms with E-state index in [0.717, 1.165) is 4.66 Å². The second-order valence-electron chi connectivity index (χ2n) is 6.28. The highest BCUT2D eigenvalue weighted by molar-refractivity contribution is 9.10. The molecule has 0 amide bonds. The molecule has 0 fully saturated rings. The van der Waals surface area contributed by atoms with Gasteiger partial charge in [0.2, 0.25) is 0 Å². The van der Waals surface area contributed by atoms with Crippen LogP contribution in [0.25, 0.3) is 0 Å². The van der Waals surface area contributed by atoms with Gasteiger partial charge in [-0.2, -0.15) is 13.2 Å². The first-order valence-corrected chi connectivity index (χ1v) is 12.1. The molecule has 0 heterocycles. The maximum absolute atomic E-state index is 10.7. The molecule has 0 N–H and O–H groups in total. The Morgan fingerprint density at radius 3 is 1.82 bits per heavy atom. The molecule has 0 saturated carbocycles. The van der Waals surface area contributed by atoms with Crippen LogP contribution in [0.5, 0.6) is 0 Å². The Kier molecular flexibility index (Phi) is 8.62. The molecule has 0 radical (unpaired) electrons. The average Bonchev–Trinajstić information content (AvgIpc) is 2.58. The number of hydrogen-bond acceptors (Lipinski definition) is 3. The van der Waals surface area contributed by atoms with E-state index in [1.807, 2.05) is 0 Å². The topological polar surface area (TPSA) is 57.2 Å². The minimum Gasteiger partial charge on any atom is -0.741 e. The van der Waals surface area contributed by atoms with Crippen molar-refractivity contribution >= 4 is 36.9 Å². The fourth-order valence-corrected chi connectivity index (χ4v) is 5.72. The van der Waals surface area contributed by atoms with E-state index in [9.17, 15) is 13.2 Å². The summed E-state index contributed by atoms with van der Waals surface area (Å²) in [7, 11) is -5.98. The Morgan fingerprint density at radius 1 is 0.964 bits per heavy atom. The van der Waals surface area contributed by atoms with Crippen molar-refractivity contribution in [3.05, 3.63) is 58.1 Å². The number of halogens is 4. The molecule has 0 bridgehead atoms. The van der Waals surface area contributed by atoms with Gasteiger partial charge in [0, 0.05) is 5.56 Å². The Hall–Kier alpha value is -1.03. The van der Waals surface area contributed by atoms with Gasteiger partial charge in [0.25, 0.3) is 0 Å². The first kappa shape index (κ1) is 25.0. The van der Waals surface area contributed by atoms with Gasteiger partial charge in [-0.1, -0.05) is 17.7 Å². The summed E-state index contributed by atoms with van der Waals surface area (Å²) in [5.74, 6) is 0. The molecule has 1 atom stereocenters. The van der Waals surface area contributed by atoms with Crippen molar-refractivity contribution in [3.63, 3.8) is 0 Å². The first-order chi connectivity index (χ1) is 12.7. The summed E-state index contributed by atoms with van der Waals surface area (Å²) in [4.78, 5) is 2.89. The maximum Gasteiger partial charge on any atom is 0.485 e. The highest BCUT2D eigenvalue weighted by Crippen LogP contribution is 2.32. The molecule has 28 heavy (non-hydrogen) atoms. The Bertz CT molecular complexity index is 925. The predicted molar refractivity (Wildman–Crippen MR) is 110 cm³/mol. The summed E-state index contributed by atoms with van der Waals surface area (Å²) < 4.78 is 59.9. The lowest BCUT2D eigenvalue weighted by atomic mass is 10.00. The summed E-state index contributed by atoms with van der Waals surface area (Å²) in [6, 6.07) is 11.3. The Balaban J connectivity index is 0.000000416. The average molecular weight is 499 g/mol. The highest BCUT2D eigenvalue weighted by Gasteiger charge is 2.37. The standard InChI is InChI=1S/C18H22BrS.CHF3O3S/c1-12-6-8-17(9-7-12)20(11-19)18-10-13(2)14(3)15(4)16(18)5;2-1(3,4)8(5,6)7/h6-10H,11H2,1-5H3;(H,5,6,7)/q+1;/p-1. The number of alkyl halides is 4. The molecule has 0 saturated heterocycles. The summed E-state index contributed by atoms with van der Waals surface area (Å²) in [5.41, 5.74) is 1.37. The molecule has 2 aromatic carbocycles. The maximum atomic E-state index is 10.7. The molecule has 0 aromatic heterocycles. The lowest BCUT2D eigenvalue weighted by Crippen LogP contribution is -2.21. The smallest absolute Gasteiger partial charge is 0.485 e. The van der Waals surface area contributed by atoms with Gasteiger partial charge >= 0.3 is 5.51 Å². The zero-order valence-electron chi connectivity index (χ0n) is 16.1. The molecule has 3 nitrogen and oxygen atoms in total. The number of aryl methyl sites for hydroxylation is 2. The van der Waals surface area contributed by atoms with Crippen LogP contribution in [0, 0.1) is 34.6 Å². The molecule has 0 aliphatic rings. The zero-order chi connectivity index (χ0) is 21.9. The van der Waals surface area contributed by atoms with Gasteiger partial charge in [0.05, 0.1) is 10.9 Å². The third kappa shape index (κ3) is 6.23. The Morgan fingerprint density at radius 2 is 1.43 bits per heavy atom. The molecule has 2 rings (SSSR count). The van der Waals surface area contributed by atoms with Crippen LogP contribution in [-0.2, 0) is 21.0 Å². The van der Waals surface area contributed by atoms with Gasteiger partial charge in [0.15, 0.2) is 24.6 Å². The second-order valence-corrected chi connectivity index (χ2v) is 10.9. The van der Waals surface area contributed by atoms with Gasteiger partial charge in [-0.15, -0.1) is 0 Å². The van der Waals surface area contributed by atoms with Crippen molar-refractivity contribution in [2.45, 2.75) is 49.9 Å². The summed E-state index contributed by atoms with van der Waals surface area (Å²) >= 11 is 3.72. The molecule has 1 unspecified atom stereocenters. The zero-order valence-corrected chi connectivity index (χ0v) is 19.4. The van der Waals surface area contributed by atoms with Crippen LogP contribution in [0.3, 0.4) is 0 Å². The van der Waals surface area contributed by atoms with Gasteiger partial charge in [-0.3, -0.25) is 0 Å². The van der Waals surface area contributed by atoms with Gasteiger partial charge < -0.3 is 4.55 Å². The fraction of sp³-hybridized carbons (Fsp3) is 0.368. The van der Waals surface area contributed by atoms with E-state index in [1.54, 1.807) is 0 Å². The SMILES string of the molecule is Cc1ccc([S+](CBr)c2cc(C)c(C)c(C)c2C)cc1.O=S(=O)([O-])C(F)(F)F. The normalized spacial score (nSPS) is 12.9. The number of rotatable bonds is 3. The van der Waals surface area contributed by atoms with Crippen molar-refractivity contribution in [2.24, 2.45) is 0 Å². The predicted octanol–water partition coefficient (Wildman–Crippen LogP) is 5.67. The summed E-state index contributed by atoms with van der Waals surface area (Å²) in [5, 5.41) is 0. The monoisotopic (exact) mass is 498 g/mol. The summed E-state index contributed by atoms with van der Waals surface area (Å²) in [6.07, 6.45) is 0. The first-order valence-electron chi connectivity index (χ1n) is 8.13. The highest BCUT2D eigenvalue weighted by atomic mass is 79.9. The molecule has 0 aliphatic carbocycles. The van der Waals surface area contributed by atoms with Crippen LogP contribution in [0.4, 0.5) is 13.2 Å². The third-order valence-corrected chi connectivity index (χ3v) is 8.35. The van der Waals surface area contributed by atoms with Crippen molar-refractivity contribution in [1.29, 1.82) is 0 Å². The largest absolute Gasteiger partial charge is 0.741 e. The van der Waals surface area contributed by atoms with E-state index < -0.39 is 15.6 Å². The van der Waals surface area contributed by atoms with Crippen molar-refractivity contribution in [1.82, 2.24) is 0 Å². The lowest BCUT2D eigenvalue weighted by Gasteiger charge is -2.14. The van der Waals surface area contributed by atoms with Crippen LogP contribution < -0.4 is 0 Å². The lowest BCUT2D eigenvalue weighted by molar-refractivity contribution is -0.0517. The van der Waals surface area contributed by atoms with Gasteiger partial charge in [-0.05, 0) is 85.4 Å². The minimum absolute atomic E-state index is 0.110. The van der Waals surface area contributed by atoms with Crippen molar-refractivity contribution < 1.29 is 26.1 Å². The van der Waals surface area contributed by atoms with E-state index in [4.69, 9.17) is 13.0 Å². The van der Waals surface area contributed by atoms with E-state index in [-0.39, 0.29) is 10.9 Å². The fourth-order valence-electron chi connectivity index (χ4n) is 2.38. The van der Waals surface area contributed by atoms with Crippen LogP contribution >= 0.6 is 15.9 Å². The van der Waals surface area contributed by atoms with E-state index in [0.29, 0.717) is 0 Å². The molecule has 9 heteroatoms. The van der Waals surface area contributed by atoms with Crippen LogP contribution in [0.15, 0.2) is 40.1 Å². The summed E-state index contributed by atoms with van der Waals surface area (Å²) in [6.45, 7) is 11.1. The molecular formula is C19H22BrF3O3S2. The number of benzene rings is 2. The third-order valence-electron chi connectivity index (χ3n) is 4.40. The van der Waals surface area contributed by atoms with E-state index in [2.05, 4.69) is 80.9 Å². The molecule has 0 aliphatic heterocycles. The minimum atomic E-state index is -6.09. The van der Waals surface area contributed by atoms with Gasteiger partial charge in [-0.25, -0.2) is 8.42 Å². The van der Waals surface area contributed by atoms with E-state index >= 15 is 0 Å². The second kappa shape index (κ2) is 9.65. The Labute approximate surface area is 175 Å². The van der Waals surface area contributed by atoms with Crippen LogP contribution in [0.2, 0.25) is 0 Å². The number of hydrogen-bond donors (Lipinski definition) is 0. The van der Waals surface area contributed by atoms with Crippen LogP contribution in [-0.4, -0.2) is 23.1 Å². The van der Waals surface area contributed by atoms with E-state index in [1.165, 1.54) is 37.6 Å². The van der Waals surface area contributed by atoms with Gasteiger partial charge in [0.1, 0.15) is 0 Å². The van der Waals surface area contributed by atoms with Crippen molar-refractivity contribution in [3.8, 4) is 0 Å². The quantitative estimate of drug-likeness (QED) is 0.237. The molecule has 0 spiro atoms. The molecular weight excluding hydrogens is 477 g/mol.